The molecule has 0 aromatic heterocycles. The lowest BCUT2D eigenvalue weighted by Crippen LogP contribution is -2.31. The predicted molar refractivity (Wildman–Crippen MR) is 93.3 cm³/mol. The first kappa shape index (κ1) is 18.2. The number of rotatable bonds is 5. The molecule has 1 atom stereocenters. The molecule has 0 fully saturated rings. The van der Waals surface area contributed by atoms with Crippen LogP contribution in [-0.2, 0) is 11.2 Å². The molecule has 0 radical (unpaired) electrons. The Morgan fingerprint density at radius 2 is 2.08 bits per heavy atom. The average Bonchev–Trinajstić information content (AvgIpc) is 2.87. The molecule has 26 heavy (non-hydrogen) atoms. The zero-order valence-electron chi connectivity index (χ0n) is 14.9. The first-order chi connectivity index (χ1) is 12.2. The van der Waals surface area contributed by atoms with E-state index in [4.69, 9.17) is 9.47 Å². The number of nitrogens with one attached hydrogen (secondary N) is 1. The molecule has 1 unspecified atom stereocenters. The molecule has 138 valence electrons. The third kappa shape index (κ3) is 3.95. The van der Waals surface area contributed by atoms with Crippen molar-refractivity contribution in [1.29, 1.82) is 0 Å². The number of carbonyl (C=O) groups is 1. The van der Waals surface area contributed by atoms with E-state index < -0.39 is 23.6 Å². The molecule has 1 aliphatic rings. The Kier molecular flexibility index (Phi) is 4.85. The number of halogens is 2. The fraction of sp³-hybridized carbons (Fsp3) is 0.350. The van der Waals surface area contributed by atoms with Gasteiger partial charge in [-0.05, 0) is 32.9 Å². The molecule has 4 nitrogen and oxygen atoms in total. The third-order valence-corrected chi connectivity index (χ3v) is 4.22. The number of fused-ring (bicyclic) bond motifs is 1. The van der Waals surface area contributed by atoms with Crippen molar-refractivity contribution in [3.63, 3.8) is 0 Å². The second-order valence-corrected chi connectivity index (χ2v) is 7.03. The van der Waals surface area contributed by atoms with Crippen molar-refractivity contribution in [1.82, 2.24) is 5.32 Å². The van der Waals surface area contributed by atoms with Crippen LogP contribution in [0.1, 0.15) is 37.9 Å². The van der Waals surface area contributed by atoms with Gasteiger partial charge in [-0.3, -0.25) is 4.79 Å². The van der Waals surface area contributed by atoms with Crippen molar-refractivity contribution in [3.05, 3.63) is 59.2 Å². The Morgan fingerprint density at radius 1 is 1.31 bits per heavy atom. The minimum absolute atomic E-state index is 0.213. The molecule has 6 heteroatoms. The van der Waals surface area contributed by atoms with Crippen LogP contribution in [0.4, 0.5) is 8.78 Å². The smallest absolute Gasteiger partial charge is 0.258 e. The monoisotopic (exact) mass is 361 g/mol. The molecule has 1 amide bonds. The molecule has 0 spiro atoms. The van der Waals surface area contributed by atoms with Crippen LogP contribution < -0.4 is 14.8 Å². The molecule has 0 bridgehead atoms. The van der Waals surface area contributed by atoms with Crippen molar-refractivity contribution < 1.29 is 23.0 Å². The maximum atomic E-state index is 13.8. The van der Waals surface area contributed by atoms with Crippen molar-refractivity contribution in [2.45, 2.75) is 38.8 Å². The van der Waals surface area contributed by atoms with Gasteiger partial charge >= 0.3 is 0 Å². The molecule has 0 saturated carbocycles. The highest BCUT2D eigenvalue weighted by Gasteiger charge is 2.32. The van der Waals surface area contributed by atoms with E-state index in [9.17, 15) is 13.6 Å². The van der Waals surface area contributed by atoms with Crippen molar-refractivity contribution >= 4 is 5.91 Å². The Bertz CT molecular complexity index is 836. The van der Waals surface area contributed by atoms with Crippen LogP contribution in [0, 0.1) is 11.6 Å². The van der Waals surface area contributed by atoms with Gasteiger partial charge < -0.3 is 14.8 Å². The van der Waals surface area contributed by atoms with Gasteiger partial charge in [0.25, 0.3) is 5.91 Å². The Balaban J connectivity index is 1.61. The Hall–Kier alpha value is -2.63. The fourth-order valence-electron chi connectivity index (χ4n) is 3.06. The zero-order chi connectivity index (χ0) is 18.9. The molecule has 1 heterocycles. The third-order valence-electron chi connectivity index (χ3n) is 4.22. The summed E-state index contributed by atoms with van der Waals surface area (Å²) in [7, 11) is 0. The predicted octanol–water partition coefficient (Wildman–Crippen LogP) is 3.93. The summed E-state index contributed by atoms with van der Waals surface area (Å²) in [5.74, 6) is -0.605. The molecule has 1 N–H and O–H groups in total. The van der Waals surface area contributed by atoms with Crippen LogP contribution in [0.5, 0.6) is 11.5 Å². The molecular formula is C20H21F2NO3. The van der Waals surface area contributed by atoms with E-state index in [1.54, 1.807) is 13.0 Å². The van der Waals surface area contributed by atoms with Gasteiger partial charge in [0, 0.05) is 23.6 Å². The van der Waals surface area contributed by atoms with E-state index in [1.165, 1.54) is 6.07 Å². The van der Waals surface area contributed by atoms with Crippen LogP contribution in [0.3, 0.4) is 0 Å². The lowest BCUT2D eigenvalue weighted by atomic mass is 10.0. The van der Waals surface area contributed by atoms with Gasteiger partial charge in [0.15, 0.2) is 18.1 Å². The quantitative estimate of drug-likeness (QED) is 0.878. The van der Waals surface area contributed by atoms with Gasteiger partial charge in [-0.2, -0.15) is 0 Å². The number of para-hydroxylation sites is 1. The lowest BCUT2D eigenvalue weighted by molar-refractivity contribution is -0.123. The van der Waals surface area contributed by atoms with Crippen molar-refractivity contribution in [3.8, 4) is 11.5 Å². The topological polar surface area (TPSA) is 47.6 Å². The largest absolute Gasteiger partial charge is 0.483 e. The van der Waals surface area contributed by atoms with E-state index in [2.05, 4.69) is 5.32 Å². The Morgan fingerprint density at radius 3 is 2.81 bits per heavy atom. The molecule has 0 saturated heterocycles. The highest BCUT2D eigenvalue weighted by atomic mass is 19.1. The number of amides is 1. The normalized spacial score (nSPS) is 15.7. The summed E-state index contributed by atoms with van der Waals surface area (Å²) in [6.45, 7) is 5.37. The number of benzene rings is 2. The number of hydrogen-bond acceptors (Lipinski definition) is 3. The molecule has 3 rings (SSSR count). The maximum Gasteiger partial charge on any atom is 0.258 e. The van der Waals surface area contributed by atoms with Crippen LogP contribution in [0.15, 0.2) is 36.4 Å². The summed E-state index contributed by atoms with van der Waals surface area (Å²) in [5, 5.41) is 2.64. The zero-order valence-corrected chi connectivity index (χ0v) is 14.9. The van der Waals surface area contributed by atoms with Crippen LogP contribution in [0.25, 0.3) is 0 Å². The van der Waals surface area contributed by atoms with Gasteiger partial charge in [-0.25, -0.2) is 8.78 Å². The van der Waals surface area contributed by atoms with Gasteiger partial charge in [0.1, 0.15) is 17.2 Å². The summed E-state index contributed by atoms with van der Waals surface area (Å²) in [4.78, 5) is 12.1. The van der Waals surface area contributed by atoms with Crippen molar-refractivity contribution in [2.24, 2.45) is 0 Å². The van der Waals surface area contributed by atoms with Gasteiger partial charge in [0.05, 0.1) is 6.04 Å². The van der Waals surface area contributed by atoms with E-state index in [-0.39, 0.29) is 17.8 Å². The van der Waals surface area contributed by atoms with Gasteiger partial charge in [-0.1, -0.05) is 18.2 Å². The Labute approximate surface area is 151 Å². The number of carbonyl (C=O) groups excluding carboxylic acids is 1. The van der Waals surface area contributed by atoms with Crippen LogP contribution in [-0.4, -0.2) is 18.1 Å². The summed E-state index contributed by atoms with van der Waals surface area (Å²) in [6.07, 6.45) is 0.770. The minimum Gasteiger partial charge on any atom is -0.483 e. The lowest BCUT2D eigenvalue weighted by Gasteiger charge is -2.18. The minimum atomic E-state index is -0.699. The molecule has 2 aromatic carbocycles. The summed E-state index contributed by atoms with van der Waals surface area (Å²) in [5.41, 5.74) is 0.943. The molecule has 1 aliphatic heterocycles. The van der Waals surface area contributed by atoms with Crippen LogP contribution in [0.2, 0.25) is 0 Å². The van der Waals surface area contributed by atoms with E-state index >= 15 is 0 Å². The first-order valence-corrected chi connectivity index (χ1v) is 8.43. The van der Waals surface area contributed by atoms with E-state index in [0.29, 0.717) is 11.5 Å². The number of hydrogen-bond donors (Lipinski definition) is 1. The van der Waals surface area contributed by atoms with Crippen LogP contribution >= 0.6 is 0 Å². The average molecular weight is 361 g/mol. The summed E-state index contributed by atoms with van der Waals surface area (Å²) in [6, 6.07) is 8.23. The first-order valence-electron chi connectivity index (χ1n) is 8.43. The second kappa shape index (κ2) is 6.94. The molecule has 0 aliphatic carbocycles. The number of ether oxygens (including phenoxy) is 2. The van der Waals surface area contributed by atoms with Gasteiger partial charge in [0.2, 0.25) is 0 Å². The maximum absolute atomic E-state index is 13.8. The molecule has 2 aromatic rings. The van der Waals surface area contributed by atoms with Gasteiger partial charge in [-0.15, -0.1) is 0 Å². The summed E-state index contributed by atoms with van der Waals surface area (Å²) >= 11 is 0. The summed E-state index contributed by atoms with van der Waals surface area (Å²) < 4.78 is 38.3. The standard InChI is InChI=1S/C20H21F2NO3/c1-12(15-8-7-14(21)9-16(15)22)23-18(24)11-25-17-6-4-5-13-10-20(2,3)26-19(13)17/h4-9,12H,10-11H2,1-3H3,(H,23,24). The van der Waals surface area contributed by atoms with E-state index in [1.807, 2.05) is 26.0 Å². The fourth-order valence-corrected chi connectivity index (χ4v) is 3.06. The van der Waals surface area contributed by atoms with Crippen molar-refractivity contribution in [2.75, 3.05) is 6.61 Å². The SMILES string of the molecule is CC(NC(=O)COc1cccc2c1OC(C)(C)C2)c1ccc(F)cc1F. The highest BCUT2D eigenvalue weighted by molar-refractivity contribution is 5.78. The highest BCUT2D eigenvalue weighted by Crippen LogP contribution is 2.41. The molecular weight excluding hydrogens is 340 g/mol. The van der Waals surface area contributed by atoms with E-state index in [0.717, 1.165) is 24.1 Å². The second-order valence-electron chi connectivity index (χ2n) is 7.03.